The van der Waals surface area contributed by atoms with Crippen molar-refractivity contribution in [1.82, 2.24) is 4.90 Å². The summed E-state index contributed by atoms with van der Waals surface area (Å²) in [6.45, 7) is 6.00. The maximum Gasteiger partial charge on any atom is 0.410 e. The zero-order valence-electron chi connectivity index (χ0n) is 16.3. The molecule has 5 nitrogen and oxygen atoms in total. The first-order valence-corrected chi connectivity index (χ1v) is 11.9. The van der Waals surface area contributed by atoms with Gasteiger partial charge in [0.1, 0.15) is 11.3 Å². The topological polar surface area (TPSA) is 63.7 Å². The molecule has 1 aliphatic heterocycles. The Hall–Kier alpha value is -1.28. The number of ether oxygens (including phenoxy) is 1. The van der Waals surface area contributed by atoms with E-state index >= 15 is 4.39 Å². The molecule has 2 rings (SSSR count). The third-order valence-electron chi connectivity index (χ3n) is 4.47. The lowest BCUT2D eigenvalue weighted by atomic mass is 9.91. The van der Waals surface area contributed by atoms with Gasteiger partial charge in [-0.05, 0) is 64.3 Å². The molecule has 1 heterocycles. The Labute approximate surface area is 165 Å². The summed E-state index contributed by atoms with van der Waals surface area (Å²) in [5.41, 5.74) is -1.99. The fourth-order valence-electron chi connectivity index (χ4n) is 2.84. The van der Waals surface area contributed by atoms with E-state index in [2.05, 4.69) is 0 Å². The average molecular weight is 418 g/mol. The maximum absolute atomic E-state index is 15.0. The highest BCUT2D eigenvalue weighted by molar-refractivity contribution is 7.85. The molecule has 8 heteroatoms. The molecule has 1 aromatic carbocycles. The van der Waals surface area contributed by atoms with E-state index in [1.807, 2.05) is 0 Å². The lowest BCUT2D eigenvalue weighted by molar-refractivity contribution is 0.00271. The first-order valence-electron chi connectivity index (χ1n) is 8.98. The summed E-state index contributed by atoms with van der Waals surface area (Å²) < 4.78 is 44.2. The zero-order valence-corrected chi connectivity index (χ0v) is 18.0. The number of benzene rings is 1. The minimum Gasteiger partial charge on any atom is -0.444 e. The van der Waals surface area contributed by atoms with Crippen LogP contribution in [-0.2, 0) is 26.3 Å². The summed E-state index contributed by atoms with van der Waals surface area (Å²) in [7, 11) is -2.39. The highest BCUT2D eigenvalue weighted by atomic mass is 32.2. The van der Waals surface area contributed by atoms with Gasteiger partial charge in [-0.2, -0.15) is 0 Å². The second kappa shape index (κ2) is 8.82. The number of carbonyl (C=O) groups is 1. The van der Waals surface area contributed by atoms with Crippen molar-refractivity contribution >= 4 is 27.7 Å². The summed E-state index contributed by atoms with van der Waals surface area (Å²) in [5.74, 6) is 0.220. The minimum atomic E-state index is -1.42. The van der Waals surface area contributed by atoms with Crippen LogP contribution in [0, 0.1) is 0 Å². The molecule has 0 aromatic heterocycles. The molecule has 0 bridgehead atoms. The Morgan fingerprint density at radius 3 is 2.15 bits per heavy atom. The quantitative estimate of drug-likeness (QED) is 0.733. The zero-order chi connectivity index (χ0) is 20.2. The van der Waals surface area contributed by atoms with Crippen LogP contribution in [0.1, 0.15) is 40.0 Å². The molecular weight excluding hydrogens is 389 g/mol. The molecule has 0 saturated carbocycles. The van der Waals surface area contributed by atoms with Gasteiger partial charge in [-0.15, -0.1) is 0 Å². The van der Waals surface area contributed by atoms with Crippen molar-refractivity contribution in [3.63, 3.8) is 0 Å². The van der Waals surface area contributed by atoms with Gasteiger partial charge in [0.15, 0.2) is 0 Å². The second-order valence-electron chi connectivity index (χ2n) is 7.84. The first-order chi connectivity index (χ1) is 12.5. The van der Waals surface area contributed by atoms with Gasteiger partial charge in [0.05, 0.1) is 10.8 Å². The van der Waals surface area contributed by atoms with Gasteiger partial charge in [-0.3, -0.25) is 8.42 Å². The molecule has 2 unspecified atom stereocenters. The summed E-state index contributed by atoms with van der Waals surface area (Å²) in [4.78, 5) is 14.9. The summed E-state index contributed by atoms with van der Waals surface area (Å²) >= 11 is 0. The molecule has 152 valence electrons. The van der Waals surface area contributed by atoms with Crippen LogP contribution in [-0.4, -0.2) is 55.8 Å². The van der Waals surface area contributed by atoms with Crippen molar-refractivity contribution in [3.05, 3.63) is 24.3 Å². The van der Waals surface area contributed by atoms with Crippen molar-refractivity contribution in [3.8, 4) is 0 Å². The van der Waals surface area contributed by atoms with Crippen LogP contribution in [0.5, 0.6) is 0 Å². The van der Waals surface area contributed by atoms with Gasteiger partial charge in [0.2, 0.25) is 0 Å². The Morgan fingerprint density at radius 1 is 1.15 bits per heavy atom. The molecular formula is C19H28FNO4S2. The molecule has 0 radical (unpaired) electrons. The predicted octanol–water partition coefficient (Wildman–Crippen LogP) is 3.66. The SMILES string of the molecule is CS(=O)c1ccc(S(=O)CCC2(F)CCN(C(=O)OC(C)(C)C)CC2)cc1. The molecule has 0 aliphatic carbocycles. The van der Waals surface area contributed by atoms with E-state index in [9.17, 15) is 13.2 Å². The molecule has 0 N–H and O–H groups in total. The maximum atomic E-state index is 15.0. The molecule has 1 saturated heterocycles. The van der Waals surface area contributed by atoms with Crippen LogP contribution in [0.2, 0.25) is 0 Å². The second-order valence-corrected chi connectivity index (χ2v) is 10.8. The summed E-state index contributed by atoms with van der Waals surface area (Å²) in [5, 5.41) is 0. The number of piperidine rings is 1. The number of halogens is 1. The van der Waals surface area contributed by atoms with Gasteiger partial charge in [0, 0.05) is 45.7 Å². The number of hydrogen-bond donors (Lipinski definition) is 0. The van der Waals surface area contributed by atoms with Crippen molar-refractivity contribution in [2.75, 3.05) is 25.1 Å². The minimum absolute atomic E-state index is 0.184. The molecule has 27 heavy (non-hydrogen) atoms. The largest absolute Gasteiger partial charge is 0.444 e. The first kappa shape index (κ1) is 22.0. The molecule has 1 aliphatic rings. The standard InChI is InChI=1S/C19H28FNO4S2/c1-18(2,3)25-17(22)21-12-9-19(20,10-13-21)11-14-27(24)16-7-5-15(6-8-16)26(4)23/h5-8H,9-14H2,1-4H3. The average Bonchev–Trinajstić information content (AvgIpc) is 2.59. The van der Waals surface area contributed by atoms with Crippen LogP contribution < -0.4 is 0 Å². The van der Waals surface area contributed by atoms with Crippen LogP contribution >= 0.6 is 0 Å². The molecule has 0 spiro atoms. The number of likely N-dealkylation sites (tertiary alicyclic amines) is 1. The Balaban J connectivity index is 1.85. The number of nitrogens with zero attached hydrogens (tertiary/aromatic N) is 1. The van der Waals surface area contributed by atoms with E-state index in [1.165, 1.54) is 4.90 Å². The molecule has 1 fully saturated rings. The lowest BCUT2D eigenvalue weighted by Gasteiger charge is -2.37. The van der Waals surface area contributed by atoms with Gasteiger partial charge in [-0.1, -0.05) is 0 Å². The fourth-order valence-corrected chi connectivity index (χ4v) is 4.59. The number of hydrogen-bond acceptors (Lipinski definition) is 4. The van der Waals surface area contributed by atoms with E-state index in [-0.39, 0.29) is 25.0 Å². The van der Waals surface area contributed by atoms with E-state index < -0.39 is 39.0 Å². The monoisotopic (exact) mass is 417 g/mol. The van der Waals surface area contributed by atoms with E-state index in [4.69, 9.17) is 4.74 Å². The van der Waals surface area contributed by atoms with E-state index in [1.54, 1.807) is 51.3 Å². The highest BCUT2D eigenvalue weighted by Gasteiger charge is 2.37. The third-order valence-corrected chi connectivity index (χ3v) is 6.77. The van der Waals surface area contributed by atoms with Crippen LogP contribution in [0.3, 0.4) is 0 Å². The van der Waals surface area contributed by atoms with Crippen LogP contribution in [0.4, 0.5) is 9.18 Å². The van der Waals surface area contributed by atoms with Crippen LogP contribution in [0.15, 0.2) is 34.1 Å². The van der Waals surface area contributed by atoms with Gasteiger partial charge >= 0.3 is 6.09 Å². The smallest absolute Gasteiger partial charge is 0.410 e. The summed E-state index contributed by atoms with van der Waals surface area (Å²) in [6.07, 6.45) is 1.79. The molecule has 1 amide bonds. The fraction of sp³-hybridized carbons (Fsp3) is 0.632. The van der Waals surface area contributed by atoms with Crippen LogP contribution in [0.25, 0.3) is 0 Å². The summed E-state index contributed by atoms with van der Waals surface area (Å²) in [6, 6.07) is 6.74. The van der Waals surface area contributed by atoms with Gasteiger partial charge < -0.3 is 9.64 Å². The van der Waals surface area contributed by atoms with Crippen molar-refractivity contribution in [2.45, 2.75) is 61.1 Å². The number of rotatable bonds is 5. The van der Waals surface area contributed by atoms with Crippen molar-refractivity contribution in [1.29, 1.82) is 0 Å². The Morgan fingerprint density at radius 2 is 1.67 bits per heavy atom. The van der Waals surface area contributed by atoms with Gasteiger partial charge in [-0.25, -0.2) is 9.18 Å². The number of amides is 1. The third kappa shape index (κ3) is 6.68. The van der Waals surface area contributed by atoms with Gasteiger partial charge in [0.25, 0.3) is 0 Å². The number of alkyl halides is 1. The number of carbonyl (C=O) groups excluding carboxylic acids is 1. The van der Waals surface area contributed by atoms with Crippen molar-refractivity contribution < 1.29 is 22.3 Å². The predicted molar refractivity (Wildman–Crippen MR) is 106 cm³/mol. The molecule has 1 aromatic rings. The van der Waals surface area contributed by atoms with E-state index in [0.717, 1.165) is 0 Å². The molecule has 2 atom stereocenters. The normalized spacial score (nSPS) is 19.4. The lowest BCUT2D eigenvalue weighted by Crippen LogP contribution is -2.46. The van der Waals surface area contributed by atoms with E-state index in [0.29, 0.717) is 22.9 Å². The Bertz CT molecular complexity index is 707. The van der Waals surface area contributed by atoms with Crippen molar-refractivity contribution in [2.24, 2.45) is 0 Å². The Kier molecular flexibility index (Phi) is 7.19. The highest BCUT2D eigenvalue weighted by Crippen LogP contribution is 2.31.